The molecule has 0 atom stereocenters. The molecule has 2 aromatic rings. The van der Waals surface area contributed by atoms with Gasteiger partial charge in [0.15, 0.2) is 0 Å². The van der Waals surface area contributed by atoms with Gasteiger partial charge in [0.2, 0.25) is 10.0 Å². The van der Waals surface area contributed by atoms with Crippen molar-refractivity contribution in [2.75, 3.05) is 24.7 Å². The Labute approximate surface area is 158 Å². The lowest BCUT2D eigenvalue weighted by Gasteiger charge is -2.26. The summed E-state index contributed by atoms with van der Waals surface area (Å²) >= 11 is 1.54. The maximum Gasteiger partial charge on any atom is 0.255 e. The molecule has 1 amide bonds. The lowest BCUT2D eigenvalue weighted by atomic mass is 10.2. The Kier molecular flexibility index (Phi) is 6.01. The van der Waals surface area contributed by atoms with E-state index in [9.17, 15) is 13.2 Å². The van der Waals surface area contributed by atoms with E-state index in [1.807, 2.05) is 30.5 Å². The zero-order valence-corrected chi connectivity index (χ0v) is 16.3. The van der Waals surface area contributed by atoms with E-state index >= 15 is 0 Å². The number of piperidine rings is 1. The molecule has 1 N–H and O–H groups in total. The molecule has 1 aliphatic heterocycles. The second-order valence-corrected chi connectivity index (χ2v) is 8.93. The van der Waals surface area contributed by atoms with Crippen molar-refractivity contribution in [2.24, 2.45) is 0 Å². The molecule has 0 bridgehead atoms. The van der Waals surface area contributed by atoms with E-state index in [-0.39, 0.29) is 10.8 Å². The zero-order chi connectivity index (χ0) is 18.6. The minimum Gasteiger partial charge on any atom is -0.321 e. The van der Waals surface area contributed by atoms with E-state index in [1.54, 1.807) is 30.0 Å². The van der Waals surface area contributed by atoms with E-state index in [4.69, 9.17) is 0 Å². The van der Waals surface area contributed by atoms with Gasteiger partial charge in [-0.3, -0.25) is 4.79 Å². The van der Waals surface area contributed by atoms with Crippen LogP contribution in [0.4, 0.5) is 5.69 Å². The van der Waals surface area contributed by atoms with Gasteiger partial charge < -0.3 is 5.32 Å². The van der Waals surface area contributed by atoms with Crippen molar-refractivity contribution in [3.8, 4) is 0 Å². The van der Waals surface area contributed by atoms with Crippen molar-refractivity contribution >= 4 is 33.4 Å². The number of thioether (sulfide) groups is 1. The molecule has 1 saturated heterocycles. The number of benzene rings is 2. The highest BCUT2D eigenvalue weighted by Crippen LogP contribution is 2.26. The van der Waals surface area contributed by atoms with Crippen LogP contribution in [0.5, 0.6) is 0 Å². The molecule has 3 rings (SSSR count). The monoisotopic (exact) mass is 390 g/mol. The van der Waals surface area contributed by atoms with Crippen LogP contribution in [0, 0.1) is 0 Å². The van der Waals surface area contributed by atoms with E-state index in [0.29, 0.717) is 24.3 Å². The highest BCUT2D eigenvalue weighted by Gasteiger charge is 2.26. The average Bonchev–Trinajstić information content (AvgIpc) is 2.69. The molecule has 1 fully saturated rings. The molecule has 138 valence electrons. The highest BCUT2D eigenvalue weighted by molar-refractivity contribution is 7.98. The SMILES string of the molecule is CSc1ccccc1NC(=O)c1cccc(S(=O)(=O)N2CCCCC2)c1. The van der Waals surface area contributed by atoms with Crippen molar-refractivity contribution in [1.29, 1.82) is 0 Å². The van der Waals surface area contributed by atoms with E-state index in [2.05, 4.69) is 5.32 Å². The summed E-state index contributed by atoms with van der Waals surface area (Å²) in [4.78, 5) is 13.7. The zero-order valence-electron chi connectivity index (χ0n) is 14.6. The van der Waals surface area contributed by atoms with Gasteiger partial charge in [-0.1, -0.05) is 24.6 Å². The molecule has 26 heavy (non-hydrogen) atoms. The van der Waals surface area contributed by atoms with Gasteiger partial charge in [0, 0.05) is 23.5 Å². The number of anilines is 1. The topological polar surface area (TPSA) is 66.5 Å². The lowest BCUT2D eigenvalue weighted by Crippen LogP contribution is -2.35. The molecular weight excluding hydrogens is 368 g/mol. The number of carbonyl (C=O) groups excluding carboxylic acids is 1. The van der Waals surface area contributed by atoms with Gasteiger partial charge in [0.05, 0.1) is 10.6 Å². The first-order valence-electron chi connectivity index (χ1n) is 8.57. The smallest absolute Gasteiger partial charge is 0.255 e. The van der Waals surface area contributed by atoms with Crippen molar-refractivity contribution < 1.29 is 13.2 Å². The summed E-state index contributed by atoms with van der Waals surface area (Å²) in [7, 11) is -3.55. The van der Waals surface area contributed by atoms with Crippen LogP contribution in [0.2, 0.25) is 0 Å². The normalized spacial score (nSPS) is 15.6. The van der Waals surface area contributed by atoms with Gasteiger partial charge in [-0.15, -0.1) is 11.8 Å². The van der Waals surface area contributed by atoms with Crippen LogP contribution < -0.4 is 5.32 Å². The molecule has 7 heteroatoms. The minimum atomic E-state index is -3.55. The van der Waals surface area contributed by atoms with Crippen LogP contribution in [-0.2, 0) is 10.0 Å². The van der Waals surface area contributed by atoms with Crippen molar-refractivity contribution in [1.82, 2.24) is 4.31 Å². The Bertz CT molecular complexity index is 891. The molecule has 0 saturated carbocycles. The maximum atomic E-state index is 12.8. The lowest BCUT2D eigenvalue weighted by molar-refractivity contribution is 0.102. The predicted molar refractivity (Wildman–Crippen MR) is 105 cm³/mol. The molecule has 5 nitrogen and oxygen atoms in total. The molecule has 2 aromatic carbocycles. The van der Waals surface area contributed by atoms with Gasteiger partial charge in [0.25, 0.3) is 5.91 Å². The van der Waals surface area contributed by atoms with Crippen molar-refractivity contribution in [3.05, 3.63) is 54.1 Å². The predicted octanol–water partition coefficient (Wildman–Crippen LogP) is 3.84. The largest absolute Gasteiger partial charge is 0.321 e. The van der Waals surface area contributed by atoms with Crippen LogP contribution in [0.1, 0.15) is 29.6 Å². The summed E-state index contributed by atoms with van der Waals surface area (Å²) in [5.41, 5.74) is 1.05. The number of hydrogen-bond donors (Lipinski definition) is 1. The molecule has 0 radical (unpaired) electrons. The van der Waals surface area contributed by atoms with E-state index < -0.39 is 10.0 Å². The van der Waals surface area contributed by atoms with Gasteiger partial charge in [-0.05, 0) is 49.4 Å². The van der Waals surface area contributed by atoms with Crippen LogP contribution in [0.3, 0.4) is 0 Å². The van der Waals surface area contributed by atoms with Gasteiger partial charge >= 0.3 is 0 Å². The molecule has 0 aromatic heterocycles. The third-order valence-electron chi connectivity index (χ3n) is 4.40. The van der Waals surface area contributed by atoms with Crippen molar-refractivity contribution in [3.63, 3.8) is 0 Å². The Balaban J connectivity index is 1.83. The Morgan fingerprint density at radius 1 is 1.04 bits per heavy atom. The summed E-state index contributed by atoms with van der Waals surface area (Å²) in [6.45, 7) is 1.08. The van der Waals surface area contributed by atoms with Crippen LogP contribution >= 0.6 is 11.8 Å². The Hall–Kier alpha value is -1.83. The number of sulfonamides is 1. The second kappa shape index (κ2) is 8.24. The van der Waals surface area contributed by atoms with Gasteiger partial charge in [0.1, 0.15) is 0 Å². The average molecular weight is 391 g/mol. The van der Waals surface area contributed by atoms with E-state index in [0.717, 1.165) is 24.2 Å². The number of rotatable bonds is 5. The molecule has 0 unspecified atom stereocenters. The number of nitrogens with zero attached hydrogens (tertiary/aromatic N) is 1. The number of amides is 1. The van der Waals surface area contributed by atoms with Crippen LogP contribution in [0.25, 0.3) is 0 Å². The summed E-state index contributed by atoms with van der Waals surface area (Å²) in [6.07, 6.45) is 4.76. The molecule has 1 heterocycles. The summed E-state index contributed by atoms with van der Waals surface area (Å²) < 4.78 is 27.1. The molecule has 0 spiro atoms. The van der Waals surface area contributed by atoms with E-state index in [1.165, 1.54) is 10.4 Å². The quantitative estimate of drug-likeness (QED) is 0.788. The van der Waals surface area contributed by atoms with Crippen LogP contribution in [0.15, 0.2) is 58.3 Å². The van der Waals surface area contributed by atoms with Crippen molar-refractivity contribution in [2.45, 2.75) is 29.1 Å². The standard InChI is InChI=1S/C19H22N2O3S2/c1-25-18-11-4-3-10-17(18)20-19(22)15-8-7-9-16(14-15)26(23,24)21-12-5-2-6-13-21/h3-4,7-11,14H,2,5-6,12-13H2,1H3,(H,20,22). The summed E-state index contributed by atoms with van der Waals surface area (Å²) in [5, 5.41) is 2.87. The fraction of sp³-hybridized carbons (Fsp3) is 0.316. The molecule has 1 aliphatic rings. The molecule has 0 aliphatic carbocycles. The third-order valence-corrected chi connectivity index (χ3v) is 7.09. The maximum absolute atomic E-state index is 12.8. The fourth-order valence-electron chi connectivity index (χ4n) is 2.99. The second-order valence-electron chi connectivity index (χ2n) is 6.15. The number of hydrogen-bond acceptors (Lipinski definition) is 4. The van der Waals surface area contributed by atoms with Gasteiger partial charge in [-0.25, -0.2) is 8.42 Å². The first-order chi connectivity index (χ1) is 12.5. The highest BCUT2D eigenvalue weighted by atomic mass is 32.2. The Morgan fingerprint density at radius 3 is 2.50 bits per heavy atom. The first kappa shape index (κ1) is 18.9. The Morgan fingerprint density at radius 2 is 1.77 bits per heavy atom. The van der Waals surface area contributed by atoms with Gasteiger partial charge in [-0.2, -0.15) is 4.31 Å². The summed E-state index contributed by atoms with van der Waals surface area (Å²) in [6, 6.07) is 13.8. The van der Waals surface area contributed by atoms with Crippen LogP contribution in [-0.4, -0.2) is 38.0 Å². The molecular formula is C19H22N2O3S2. The fourth-order valence-corrected chi connectivity index (χ4v) is 5.11. The number of carbonyl (C=O) groups is 1. The third kappa shape index (κ3) is 4.11. The summed E-state index contributed by atoms with van der Waals surface area (Å²) in [5.74, 6) is -0.317. The minimum absolute atomic E-state index is 0.171. The first-order valence-corrected chi connectivity index (χ1v) is 11.2. The number of nitrogens with one attached hydrogen (secondary N) is 1. The number of para-hydroxylation sites is 1.